The number of rotatable bonds is 4. The van der Waals surface area contributed by atoms with Crippen molar-refractivity contribution in [2.24, 2.45) is 0 Å². The van der Waals surface area contributed by atoms with Gasteiger partial charge in [0.25, 0.3) is 0 Å². The molecule has 3 rings (SSSR count). The van der Waals surface area contributed by atoms with E-state index in [4.69, 9.17) is 4.42 Å². The molecule has 0 spiro atoms. The molecule has 0 radical (unpaired) electrons. The summed E-state index contributed by atoms with van der Waals surface area (Å²) in [6.45, 7) is 4.31. The molecule has 0 aliphatic heterocycles. The predicted molar refractivity (Wildman–Crippen MR) is 82.6 cm³/mol. The number of benzene rings is 2. The molecule has 2 nitrogen and oxygen atoms in total. The number of nitrogens with one attached hydrogen (secondary N) is 1. The third kappa shape index (κ3) is 2.61. The Morgan fingerprint density at radius 3 is 2.40 bits per heavy atom. The Kier molecular flexibility index (Phi) is 3.57. The fourth-order valence-corrected chi connectivity index (χ4v) is 2.57. The summed E-state index contributed by atoms with van der Waals surface area (Å²) < 4.78 is 5.44. The molecule has 20 heavy (non-hydrogen) atoms. The van der Waals surface area contributed by atoms with Crippen LogP contribution in [0, 0.1) is 0 Å². The van der Waals surface area contributed by atoms with E-state index in [-0.39, 0.29) is 12.1 Å². The maximum absolute atomic E-state index is 5.44. The number of hydrogen-bond acceptors (Lipinski definition) is 2. The van der Waals surface area contributed by atoms with E-state index in [9.17, 15) is 0 Å². The van der Waals surface area contributed by atoms with Gasteiger partial charge >= 0.3 is 0 Å². The van der Waals surface area contributed by atoms with Gasteiger partial charge < -0.3 is 9.73 Å². The van der Waals surface area contributed by atoms with E-state index in [1.807, 2.05) is 12.1 Å². The van der Waals surface area contributed by atoms with Crippen LogP contribution in [0.15, 0.2) is 65.3 Å². The first kappa shape index (κ1) is 12.9. The van der Waals surface area contributed by atoms with E-state index in [2.05, 4.69) is 61.6 Å². The van der Waals surface area contributed by atoms with E-state index >= 15 is 0 Å². The van der Waals surface area contributed by atoms with Crippen molar-refractivity contribution in [3.63, 3.8) is 0 Å². The standard InChI is InChI=1S/C18H19NO/c1-13(19-14(2)18-8-5-11-20-18)16-10-9-15-6-3-4-7-17(15)12-16/h3-14,19H,1-2H3/t13?,14-/m0/s1. The van der Waals surface area contributed by atoms with Crippen LogP contribution < -0.4 is 5.32 Å². The summed E-state index contributed by atoms with van der Waals surface area (Å²) in [5.74, 6) is 0.970. The second-order valence-electron chi connectivity index (χ2n) is 5.23. The summed E-state index contributed by atoms with van der Waals surface area (Å²) in [4.78, 5) is 0. The van der Waals surface area contributed by atoms with Crippen molar-refractivity contribution in [3.05, 3.63) is 72.2 Å². The molecule has 102 valence electrons. The van der Waals surface area contributed by atoms with E-state index in [0.717, 1.165) is 5.76 Å². The number of hydrogen-bond donors (Lipinski definition) is 1. The second kappa shape index (κ2) is 5.51. The van der Waals surface area contributed by atoms with Crippen molar-refractivity contribution >= 4 is 10.8 Å². The maximum atomic E-state index is 5.44. The first-order chi connectivity index (χ1) is 9.74. The van der Waals surface area contributed by atoms with Crippen LogP contribution in [0.2, 0.25) is 0 Å². The van der Waals surface area contributed by atoms with Gasteiger partial charge in [-0.25, -0.2) is 0 Å². The lowest BCUT2D eigenvalue weighted by atomic mass is 10.0. The van der Waals surface area contributed by atoms with E-state index in [1.54, 1.807) is 6.26 Å². The fourth-order valence-electron chi connectivity index (χ4n) is 2.57. The van der Waals surface area contributed by atoms with Gasteiger partial charge in [0.1, 0.15) is 5.76 Å². The highest BCUT2D eigenvalue weighted by Crippen LogP contribution is 2.23. The minimum atomic E-state index is 0.200. The normalized spacial score (nSPS) is 14.3. The molecule has 1 N–H and O–H groups in total. The first-order valence-corrected chi connectivity index (χ1v) is 7.02. The number of fused-ring (bicyclic) bond motifs is 1. The first-order valence-electron chi connectivity index (χ1n) is 7.02. The van der Waals surface area contributed by atoms with Crippen molar-refractivity contribution < 1.29 is 4.42 Å². The Labute approximate surface area is 119 Å². The Morgan fingerprint density at radius 1 is 0.850 bits per heavy atom. The molecule has 2 heteroatoms. The smallest absolute Gasteiger partial charge is 0.120 e. The van der Waals surface area contributed by atoms with Gasteiger partial charge in [-0.15, -0.1) is 0 Å². The average molecular weight is 265 g/mol. The van der Waals surface area contributed by atoms with Gasteiger partial charge in [0, 0.05) is 6.04 Å². The third-order valence-electron chi connectivity index (χ3n) is 3.74. The topological polar surface area (TPSA) is 25.2 Å². The van der Waals surface area contributed by atoms with E-state index in [1.165, 1.54) is 16.3 Å². The summed E-state index contributed by atoms with van der Waals surface area (Å²) in [5, 5.41) is 6.13. The Morgan fingerprint density at radius 2 is 1.65 bits per heavy atom. The minimum Gasteiger partial charge on any atom is -0.468 e. The lowest BCUT2D eigenvalue weighted by Crippen LogP contribution is -2.22. The monoisotopic (exact) mass is 265 g/mol. The Balaban J connectivity index is 1.80. The summed E-state index contributed by atoms with van der Waals surface area (Å²) >= 11 is 0. The van der Waals surface area contributed by atoms with Crippen molar-refractivity contribution in [2.75, 3.05) is 0 Å². The van der Waals surface area contributed by atoms with Crippen LogP contribution in [-0.2, 0) is 0 Å². The molecule has 2 aromatic carbocycles. The molecule has 3 aromatic rings. The van der Waals surface area contributed by atoms with E-state index in [0.29, 0.717) is 0 Å². The molecule has 0 amide bonds. The molecular formula is C18H19NO. The molecule has 0 saturated heterocycles. The molecule has 1 unspecified atom stereocenters. The summed E-state index contributed by atoms with van der Waals surface area (Å²) in [7, 11) is 0. The maximum Gasteiger partial charge on any atom is 0.120 e. The highest BCUT2D eigenvalue weighted by Gasteiger charge is 2.13. The predicted octanol–water partition coefficient (Wildman–Crippen LogP) is 4.84. The second-order valence-corrected chi connectivity index (χ2v) is 5.23. The van der Waals surface area contributed by atoms with Crippen LogP contribution in [0.5, 0.6) is 0 Å². The zero-order valence-corrected chi connectivity index (χ0v) is 11.8. The van der Waals surface area contributed by atoms with Crippen LogP contribution in [-0.4, -0.2) is 0 Å². The molecule has 1 heterocycles. The van der Waals surface area contributed by atoms with Gasteiger partial charge in [0.2, 0.25) is 0 Å². The van der Waals surface area contributed by atoms with Gasteiger partial charge in [-0.05, 0) is 48.4 Å². The minimum absolute atomic E-state index is 0.200. The van der Waals surface area contributed by atoms with E-state index < -0.39 is 0 Å². The fraction of sp³-hybridized carbons (Fsp3) is 0.222. The molecule has 0 fully saturated rings. The zero-order chi connectivity index (χ0) is 13.9. The van der Waals surface area contributed by atoms with Crippen molar-refractivity contribution in [1.82, 2.24) is 5.32 Å². The molecule has 0 aliphatic carbocycles. The third-order valence-corrected chi connectivity index (χ3v) is 3.74. The SMILES string of the molecule is CC(N[C@@H](C)c1ccco1)c1ccc2ccccc2c1. The van der Waals surface area contributed by atoms with Gasteiger partial charge in [-0.2, -0.15) is 0 Å². The van der Waals surface area contributed by atoms with Crippen LogP contribution in [0.4, 0.5) is 0 Å². The number of furan rings is 1. The largest absolute Gasteiger partial charge is 0.468 e. The van der Waals surface area contributed by atoms with Gasteiger partial charge in [-0.1, -0.05) is 36.4 Å². The lowest BCUT2D eigenvalue weighted by Gasteiger charge is -2.19. The molecule has 2 atom stereocenters. The van der Waals surface area contributed by atoms with Crippen LogP contribution in [0.3, 0.4) is 0 Å². The summed E-state index contributed by atoms with van der Waals surface area (Å²) in [6.07, 6.45) is 1.72. The molecule has 1 aromatic heterocycles. The van der Waals surface area contributed by atoms with Crippen molar-refractivity contribution in [2.45, 2.75) is 25.9 Å². The highest BCUT2D eigenvalue weighted by molar-refractivity contribution is 5.83. The van der Waals surface area contributed by atoms with Crippen LogP contribution in [0.1, 0.15) is 37.3 Å². The lowest BCUT2D eigenvalue weighted by molar-refractivity contribution is 0.403. The molecule has 0 bridgehead atoms. The quantitative estimate of drug-likeness (QED) is 0.730. The Bertz CT molecular complexity index is 687. The average Bonchev–Trinajstić information content (AvgIpc) is 3.01. The molecule has 0 saturated carbocycles. The Hall–Kier alpha value is -2.06. The van der Waals surface area contributed by atoms with Crippen LogP contribution in [0.25, 0.3) is 10.8 Å². The van der Waals surface area contributed by atoms with Gasteiger partial charge in [-0.3, -0.25) is 0 Å². The van der Waals surface area contributed by atoms with Crippen molar-refractivity contribution in [3.8, 4) is 0 Å². The zero-order valence-electron chi connectivity index (χ0n) is 11.8. The summed E-state index contributed by atoms with van der Waals surface area (Å²) in [6, 6.07) is 19.5. The molecule has 0 aliphatic rings. The highest BCUT2D eigenvalue weighted by atomic mass is 16.3. The van der Waals surface area contributed by atoms with Gasteiger partial charge in [0.15, 0.2) is 0 Å². The van der Waals surface area contributed by atoms with Gasteiger partial charge in [0.05, 0.1) is 12.3 Å². The molecular weight excluding hydrogens is 246 g/mol. The van der Waals surface area contributed by atoms with Crippen LogP contribution >= 0.6 is 0 Å². The summed E-state index contributed by atoms with van der Waals surface area (Å²) in [5.41, 5.74) is 1.29. The van der Waals surface area contributed by atoms with Crippen molar-refractivity contribution in [1.29, 1.82) is 0 Å².